The molecule has 0 saturated carbocycles. The molecule has 0 bridgehead atoms. The molecule has 0 aliphatic carbocycles. The molecule has 0 saturated heterocycles. The fourth-order valence-electron chi connectivity index (χ4n) is 2.08. The Morgan fingerprint density at radius 1 is 1.04 bits per heavy atom. The molecule has 1 aromatic heterocycles. The molecule has 3 rings (SSSR count). The van der Waals surface area contributed by atoms with Crippen molar-refractivity contribution < 1.29 is 23.1 Å². The van der Waals surface area contributed by atoms with Gasteiger partial charge in [-0.1, -0.05) is 12.1 Å². The minimum atomic E-state index is -3.55. The van der Waals surface area contributed by atoms with Crippen LogP contribution in [0.4, 0.5) is 5.69 Å². The van der Waals surface area contributed by atoms with Crippen molar-refractivity contribution >= 4 is 38.9 Å². The highest BCUT2D eigenvalue weighted by Crippen LogP contribution is 2.16. The van der Waals surface area contributed by atoms with Crippen LogP contribution < -0.4 is 10.0 Å². The van der Waals surface area contributed by atoms with Gasteiger partial charge in [-0.15, -0.1) is 11.3 Å². The van der Waals surface area contributed by atoms with Gasteiger partial charge in [0.25, 0.3) is 5.91 Å². The Hall–Kier alpha value is -3.08. The molecule has 0 atom stereocenters. The number of hydrogen-bond donors (Lipinski definition) is 3. The maximum absolute atomic E-state index is 12.2. The third-order valence-electron chi connectivity index (χ3n) is 3.44. The standard InChI is InChI=1S/C15H14N2O5S.C3H3NS/c1-16-23(21,22)11-8-6-10(7-9-11)17-14(18)12-4-2-3-5-13(12)15(19)20;1-2-5-3-4-1/h2-9,16H,1H3,(H,17,18)(H,19,20);1-3H. The second kappa shape index (κ2) is 9.74. The lowest BCUT2D eigenvalue weighted by Crippen LogP contribution is -2.19. The summed E-state index contributed by atoms with van der Waals surface area (Å²) in [5.41, 5.74) is 2.05. The summed E-state index contributed by atoms with van der Waals surface area (Å²) < 4.78 is 25.4. The van der Waals surface area contributed by atoms with Crippen molar-refractivity contribution in [1.82, 2.24) is 9.71 Å². The molecule has 28 heavy (non-hydrogen) atoms. The molecule has 3 aromatic rings. The number of benzene rings is 2. The normalized spacial score (nSPS) is 10.5. The van der Waals surface area contributed by atoms with E-state index >= 15 is 0 Å². The summed E-state index contributed by atoms with van der Waals surface area (Å²) in [4.78, 5) is 27.1. The molecule has 1 amide bonds. The first kappa shape index (κ1) is 21.2. The first-order valence-electron chi connectivity index (χ1n) is 7.84. The summed E-state index contributed by atoms with van der Waals surface area (Å²) in [6.45, 7) is 0. The monoisotopic (exact) mass is 419 g/mol. The molecule has 0 unspecified atom stereocenters. The van der Waals surface area contributed by atoms with Gasteiger partial charge in [0.05, 0.1) is 21.5 Å². The predicted octanol–water partition coefficient (Wildman–Crippen LogP) is 2.69. The molecule has 8 nitrogen and oxygen atoms in total. The molecule has 0 aliphatic heterocycles. The number of rotatable bonds is 5. The summed E-state index contributed by atoms with van der Waals surface area (Å²) in [6, 6.07) is 11.3. The average molecular weight is 419 g/mol. The lowest BCUT2D eigenvalue weighted by atomic mass is 10.1. The lowest BCUT2D eigenvalue weighted by Gasteiger charge is -2.08. The Labute approximate surface area is 165 Å². The summed E-state index contributed by atoms with van der Waals surface area (Å²) in [5, 5.41) is 13.5. The van der Waals surface area contributed by atoms with Crippen molar-refractivity contribution in [2.45, 2.75) is 4.90 Å². The van der Waals surface area contributed by atoms with Gasteiger partial charge >= 0.3 is 5.97 Å². The van der Waals surface area contributed by atoms with E-state index in [0.29, 0.717) is 5.69 Å². The van der Waals surface area contributed by atoms with Crippen molar-refractivity contribution in [2.24, 2.45) is 0 Å². The highest BCUT2D eigenvalue weighted by molar-refractivity contribution is 7.89. The molecule has 10 heteroatoms. The third kappa shape index (κ3) is 5.71. The van der Waals surface area contributed by atoms with Gasteiger partial charge in [-0.05, 0) is 43.4 Å². The van der Waals surface area contributed by atoms with Crippen molar-refractivity contribution in [3.8, 4) is 0 Å². The van der Waals surface area contributed by atoms with E-state index in [9.17, 15) is 18.0 Å². The largest absolute Gasteiger partial charge is 0.478 e. The van der Waals surface area contributed by atoms with E-state index in [2.05, 4.69) is 15.0 Å². The van der Waals surface area contributed by atoms with Gasteiger partial charge in [0.2, 0.25) is 10.0 Å². The van der Waals surface area contributed by atoms with Crippen LogP contribution >= 0.6 is 11.3 Å². The summed E-state index contributed by atoms with van der Waals surface area (Å²) in [6.07, 6.45) is 1.77. The van der Waals surface area contributed by atoms with Gasteiger partial charge in [0.1, 0.15) is 0 Å². The molecule has 0 aliphatic rings. The molecular weight excluding hydrogens is 402 g/mol. The molecular formula is C18H17N3O5S2. The van der Waals surface area contributed by atoms with Gasteiger partial charge in [-0.25, -0.2) is 17.9 Å². The van der Waals surface area contributed by atoms with Crippen LogP contribution in [-0.4, -0.2) is 37.4 Å². The van der Waals surface area contributed by atoms with E-state index < -0.39 is 21.9 Å². The van der Waals surface area contributed by atoms with Crippen molar-refractivity contribution in [2.75, 3.05) is 12.4 Å². The maximum atomic E-state index is 12.2. The van der Waals surface area contributed by atoms with E-state index in [1.165, 1.54) is 49.5 Å². The maximum Gasteiger partial charge on any atom is 0.336 e. The smallest absolute Gasteiger partial charge is 0.336 e. The number of anilines is 1. The number of nitrogens with one attached hydrogen (secondary N) is 2. The number of carboxylic acids is 1. The fraction of sp³-hybridized carbons (Fsp3) is 0.0556. The van der Waals surface area contributed by atoms with E-state index in [-0.39, 0.29) is 16.0 Å². The SMILES string of the molecule is CNS(=O)(=O)c1ccc(NC(=O)c2ccccc2C(=O)O)cc1.c1cscn1. The summed E-state index contributed by atoms with van der Waals surface area (Å²) in [7, 11) is -2.25. The van der Waals surface area contributed by atoms with Crippen LogP contribution in [0.5, 0.6) is 0 Å². The zero-order valence-electron chi connectivity index (χ0n) is 14.7. The minimum Gasteiger partial charge on any atom is -0.478 e. The number of amides is 1. The Bertz CT molecular complexity index is 1020. The molecule has 0 spiro atoms. The Morgan fingerprint density at radius 3 is 2.14 bits per heavy atom. The molecule has 3 N–H and O–H groups in total. The molecule has 146 valence electrons. The second-order valence-electron chi connectivity index (χ2n) is 5.21. The minimum absolute atomic E-state index is 0.0203. The van der Waals surface area contributed by atoms with Gasteiger partial charge in [-0.3, -0.25) is 9.78 Å². The summed E-state index contributed by atoms with van der Waals surface area (Å²) in [5.74, 6) is -1.79. The van der Waals surface area contributed by atoms with Gasteiger partial charge < -0.3 is 10.4 Å². The van der Waals surface area contributed by atoms with E-state index in [4.69, 9.17) is 5.11 Å². The third-order valence-corrected chi connectivity index (χ3v) is 5.39. The lowest BCUT2D eigenvalue weighted by molar-refractivity contribution is 0.0692. The van der Waals surface area contributed by atoms with Gasteiger partial charge in [0.15, 0.2) is 0 Å². The number of carbonyl (C=O) groups excluding carboxylic acids is 1. The number of thiazole rings is 1. The second-order valence-corrected chi connectivity index (χ2v) is 7.85. The fourth-order valence-corrected chi connectivity index (χ4v) is 3.16. The van der Waals surface area contributed by atoms with Crippen LogP contribution in [0.1, 0.15) is 20.7 Å². The number of nitrogens with zero attached hydrogens (tertiary/aromatic N) is 1. The Balaban J connectivity index is 0.000000485. The molecule has 0 radical (unpaired) electrons. The number of sulfonamides is 1. The van der Waals surface area contributed by atoms with Crippen LogP contribution in [0, 0.1) is 0 Å². The number of aromatic carboxylic acids is 1. The number of hydrogen-bond acceptors (Lipinski definition) is 6. The average Bonchev–Trinajstić information content (AvgIpc) is 3.28. The van der Waals surface area contributed by atoms with Crippen molar-refractivity contribution in [3.63, 3.8) is 0 Å². The van der Waals surface area contributed by atoms with Crippen LogP contribution in [0.3, 0.4) is 0 Å². The van der Waals surface area contributed by atoms with E-state index in [1.807, 2.05) is 5.38 Å². The molecule has 1 heterocycles. The zero-order valence-corrected chi connectivity index (χ0v) is 16.3. The first-order chi connectivity index (χ1) is 13.3. The quantitative estimate of drug-likeness (QED) is 0.584. The molecule has 0 fully saturated rings. The number of carboxylic acid groups (broad SMARTS) is 1. The predicted molar refractivity (Wildman–Crippen MR) is 106 cm³/mol. The van der Waals surface area contributed by atoms with Gasteiger partial charge in [0, 0.05) is 17.3 Å². The van der Waals surface area contributed by atoms with E-state index in [1.54, 1.807) is 29.1 Å². The highest BCUT2D eigenvalue weighted by atomic mass is 32.2. The van der Waals surface area contributed by atoms with Crippen LogP contribution in [0.2, 0.25) is 0 Å². The highest BCUT2D eigenvalue weighted by Gasteiger charge is 2.16. The van der Waals surface area contributed by atoms with Crippen LogP contribution in [0.25, 0.3) is 0 Å². The Kier molecular flexibility index (Phi) is 7.38. The first-order valence-corrected chi connectivity index (χ1v) is 10.3. The van der Waals surface area contributed by atoms with Crippen molar-refractivity contribution in [3.05, 3.63) is 76.7 Å². The van der Waals surface area contributed by atoms with E-state index in [0.717, 1.165) is 0 Å². The van der Waals surface area contributed by atoms with Crippen LogP contribution in [-0.2, 0) is 10.0 Å². The van der Waals surface area contributed by atoms with Crippen molar-refractivity contribution in [1.29, 1.82) is 0 Å². The van der Waals surface area contributed by atoms with Crippen LogP contribution in [0.15, 0.2) is 70.5 Å². The topological polar surface area (TPSA) is 125 Å². The molecule has 2 aromatic carbocycles. The Morgan fingerprint density at radius 2 is 1.68 bits per heavy atom. The summed E-state index contributed by atoms with van der Waals surface area (Å²) >= 11 is 1.60. The zero-order chi connectivity index (χ0) is 20.6. The number of aromatic nitrogens is 1. The number of carbonyl (C=O) groups is 2. The van der Waals surface area contributed by atoms with Gasteiger partial charge in [-0.2, -0.15) is 0 Å².